The van der Waals surface area contributed by atoms with Crippen LogP contribution < -0.4 is 0 Å². The van der Waals surface area contributed by atoms with Gasteiger partial charge in [0.05, 0.1) is 5.02 Å². The summed E-state index contributed by atoms with van der Waals surface area (Å²) < 4.78 is 0. The van der Waals surface area contributed by atoms with Crippen LogP contribution in [0.2, 0.25) is 5.02 Å². The number of Topliss-reactive ketones (excluding diaryl/α,β-unsaturated/α-hetero) is 1. The van der Waals surface area contributed by atoms with Gasteiger partial charge in [0.15, 0.2) is 11.6 Å². The van der Waals surface area contributed by atoms with Crippen molar-refractivity contribution in [2.24, 2.45) is 0 Å². The molecule has 0 bridgehead atoms. The van der Waals surface area contributed by atoms with Gasteiger partial charge in [-0.2, -0.15) is 0 Å². The van der Waals surface area contributed by atoms with Gasteiger partial charge in [-0.15, -0.1) is 0 Å². The number of halogens is 1. The van der Waals surface area contributed by atoms with Gasteiger partial charge in [0.1, 0.15) is 5.69 Å². The summed E-state index contributed by atoms with van der Waals surface area (Å²) in [5.41, 5.74) is 2.25. The Morgan fingerprint density at radius 2 is 2.00 bits per heavy atom. The molecule has 3 rings (SSSR count). The number of fused-ring (bicyclic) bond motifs is 1. The molecule has 1 aliphatic carbocycles. The van der Waals surface area contributed by atoms with E-state index in [1.54, 1.807) is 12.3 Å². The number of aromatic nitrogens is 2. The highest BCUT2D eigenvalue weighted by Crippen LogP contribution is 2.27. The molecule has 0 saturated heterocycles. The van der Waals surface area contributed by atoms with Crippen molar-refractivity contribution in [2.75, 3.05) is 0 Å². The molecule has 0 amide bonds. The molecular formula is C13H9ClN2O. The summed E-state index contributed by atoms with van der Waals surface area (Å²) in [5, 5.41) is 0.595. The van der Waals surface area contributed by atoms with E-state index in [1.807, 2.05) is 18.2 Å². The van der Waals surface area contributed by atoms with Gasteiger partial charge >= 0.3 is 0 Å². The van der Waals surface area contributed by atoms with E-state index in [4.69, 9.17) is 11.6 Å². The molecule has 0 fully saturated rings. The molecule has 1 aromatic heterocycles. The van der Waals surface area contributed by atoms with Crippen LogP contribution >= 0.6 is 11.6 Å². The van der Waals surface area contributed by atoms with Gasteiger partial charge < -0.3 is 0 Å². The maximum absolute atomic E-state index is 11.6. The summed E-state index contributed by atoms with van der Waals surface area (Å²) in [4.78, 5) is 20.2. The quantitative estimate of drug-likeness (QED) is 0.775. The Morgan fingerprint density at radius 1 is 1.18 bits per heavy atom. The first-order valence-corrected chi connectivity index (χ1v) is 5.77. The lowest BCUT2D eigenvalue weighted by Crippen LogP contribution is -2.00. The van der Waals surface area contributed by atoms with Crippen molar-refractivity contribution >= 4 is 17.4 Å². The first kappa shape index (κ1) is 10.4. The fourth-order valence-corrected chi connectivity index (χ4v) is 2.19. The van der Waals surface area contributed by atoms with E-state index in [1.165, 1.54) is 0 Å². The van der Waals surface area contributed by atoms with Crippen molar-refractivity contribution in [1.82, 2.24) is 9.97 Å². The summed E-state index contributed by atoms with van der Waals surface area (Å²) in [6, 6.07) is 7.36. The molecule has 17 heavy (non-hydrogen) atoms. The van der Waals surface area contributed by atoms with E-state index in [0.29, 0.717) is 23.0 Å². The number of carbonyl (C=O) groups excluding carboxylic acids is 1. The average Bonchev–Trinajstić information content (AvgIpc) is 2.71. The predicted molar refractivity (Wildman–Crippen MR) is 65.1 cm³/mol. The average molecular weight is 245 g/mol. The van der Waals surface area contributed by atoms with E-state index in [9.17, 15) is 4.79 Å². The number of rotatable bonds is 1. The minimum atomic E-state index is 0.0932. The lowest BCUT2D eigenvalue weighted by atomic mass is 10.2. The summed E-state index contributed by atoms with van der Waals surface area (Å²) in [6.07, 6.45) is 3.01. The van der Waals surface area contributed by atoms with Gasteiger partial charge in [-0.25, -0.2) is 9.97 Å². The van der Waals surface area contributed by atoms with E-state index in [0.717, 1.165) is 17.5 Å². The third kappa shape index (κ3) is 1.72. The smallest absolute Gasteiger partial charge is 0.181 e. The number of aryl methyl sites for hydroxylation is 1. The fraction of sp³-hybridized carbons (Fsp3) is 0.154. The highest BCUT2D eigenvalue weighted by Gasteiger charge is 2.22. The molecule has 0 radical (unpaired) electrons. The molecule has 0 saturated carbocycles. The predicted octanol–water partition coefficient (Wildman–Crippen LogP) is 2.93. The second-order valence-corrected chi connectivity index (χ2v) is 4.38. The Labute approximate surface area is 103 Å². The van der Waals surface area contributed by atoms with Crippen molar-refractivity contribution < 1.29 is 4.79 Å². The van der Waals surface area contributed by atoms with Crippen LogP contribution in [0.3, 0.4) is 0 Å². The zero-order valence-electron chi connectivity index (χ0n) is 8.98. The van der Waals surface area contributed by atoms with Crippen LogP contribution in [0.25, 0.3) is 11.4 Å². The Kier molecular flexibility index (Phi) is 2.41. The van der Waals surface area contributed by atoms with E-state index >= 15 is 0 Å². The third-order valence-electron chi connectivity index (χ3n) is 2.86. The molecule has 0 unspecified atom stereocenters. The Morgan fingerprint density at radius 3 is 2.82 bits per heavy atom. The number of nitrogens with zero attached hydrogens (tertiary/aromatic N) is 2. The van der Waals surface area contributed by atoms with Gasteiger partial charge in [-0.3, -0.25) is 4.79 Å². The number of carbonyl (C=O) groups is 1. The molecule has 0 N–H and O–H groups in total. The SMILES string of the molecule is O=C1CCc2cnc(-c3ccccc3Cl)nc21. The molecule has 0 spiro atoms. The molecule has 1 aromatic carbocycles. The van der Waals surface area contributed by atoms with Crippen LogP contribution in [0, 0.1) is 0 Å². The molecule has 2 aromatic rings. The van der Waals surface area contributed by atoms with Crippen molar-refractivity contribution in [1.29, 1.82) is 0 Å². The van der Waals surface area contributed by atoms with Crippen LogP contribution in [0.1, 0.15) is 22.5 Å². The first-order valence-electron chi connectivity index (χ1n) is 5.40. The highest BCUT2D eigenvalue weighted by atomic mass is 35.5. The second-order valence-electron chi connectivity index (χ2n) is 3.97. The molecule has 84 valence electrons. The number of ketones is 1. The van der Waals surface area contributed by atoms with Gasteiger partial charge in [-0.1, -0.05) is 23.7 Å². The molecule has 4 heteroatoms. The molecule has 1 heterocycles. The van der Waals surface area contributed by atoms with Crippen LogP contribution in [0.4, 0.5) is 0 Å². The minimum Gasteiger partial charge on any atom is -0.292 e. The van der Waals surface area contributed by atoms with Crippen molar-refractivity contribution in [3.63, 3.8) is 0 Å². The van der Waals surface area contributed by atoms with Crippen LogP contribution in [-0.4, -0.2) is 15.8 Å². The standard InChI is InChI=1S/C13H9ClN2O/c14-10-4-2-1-3-9(10)13-15-7-8-5-6-11(17)12(8)16-13/h1-4,7H,5-6H2. The lowest BCUT2D eigenvalue weighted by molar-refractivity contribution is 0.0990. The van der Waals surface area contributed by atoms with Crippen molar-refractivity contribution in [3.8, 4) is 11.4 Å². The summed E-state index contributed by atoms with van der Waals surface area (Å²) in [6.45, 7) is 0. The normalized spacial score (nSPS) is 13.8. The van der Waals surface area contributed by atoms with Gasteiger partial charge in [0.25, 0.3) is 0 Å². The number of hydrogen-bond acceptors (Lipinski definition) is 3. The lowest BCUT2D eigenvalue weighted by Gasteiger charge is -2.04. The monoisotopic (exact) mass is 244 g/mol. The Balaban J connectivity index is 2.15. The second kappa shape index (κ2) is 3.93. The van der Waals surface area contributed by atoms with Crippen LogP contribution in [-0.2, 0) is 6.42 Å². The Hall–Kier alpha value is -1.74. The van der Waals surface area contributed by atoms with Crippen molar-refractivity contribution in [3.05, 3.63) is 46.7 Å². The Bertz CT molecular complexity index is 610. The highest BCUT2D eigenvalue weighted by molar-refractivity contribution is 6.33. The number of hydrogen-bond donors (Lipinski definition) is 0. The van der Waals surface area contributed by atoms with Crippen LogP contribution in [0.15, 0.2) is 30.5 Å². The molecule has 0 aliphatic heterocycles. The fourth-order valence-electron chi connectivity index (χ4n) is 1.97. The zero-order chi connectivity index (χ0) is 11.8. The summed E-state index contributed by atoms with van der Waals surface area (Å²) in [5.74, 6) is 0.611. The van der Waals surface area contributed by atoms with Gasteiger partial charge in [0, 0.05) is 23.7 Å². The molecule has 0 atom stereocenters. The molecule has 1 aliphatic rings. The summed E-state index contributed by atoms with van der Waals surface area (Å²) >= 11 is 6.08. The number of benzene rings is 1. The summed E-state index contributed by atoms with van der Waals surface area (Å²) in [7, 11) is 0. The minimum absolute atomic E-state index is 0.0932. The maximum atomic E-state index is 11.6. The molecular weight excluding hydrogens is 236 g/mol. The largest absolute Gasteiger partial charge is 0.292 e. The van der Waals surface area contributed by atoms with Crippen molar-refractivity contribution in [2.45, 2.75) is 12.8 Å². The van der Waals surface area contributed by atoms with Gasteiger partial charge in [-0.05, 0) is 18.6 Å². The van der Waals surface area contributed by atoms with Gasteiger partial charge in [0.2, 0.25) is 0 Å². The molecule has 3 nitrogen and oxygen atoms in total. The maximum Gasteiger partial charge on any atom is 0.181 e. The van der Waals surface area contributed by atoms with E-state index in [-0.39, 0.29) is 5.78 Å². The van der Waals surface area contributed by atoms with E-state index in [2.05, 4.69) is 9.97 Å². The zero-order valence-corrected chi connectivity index (χ0v) is 9.74. The van der Waals surface area contributed by atoms with E-state index < -0.39 is 0 Å². The van der Waals surface area contributed by atoms with Crippen LogP contribution in [0.5, 0.6) is 0 Å². The first-order chi connectivity index (χ1) is 8.25. The third-order valence-corrected chi connectivity index (χ3v) is 3.19. The topological polar surface area (TPSA) is 42.9 Å².